The normalized spacial score (nSPS) is 11.8. The van der Waals surface area contributed by atoms with Crippen LogP contribution < -0.4 is 10.1 Å². The third kappa shape index (κ3) is 10.4. The van der Waals surface area contributed by atoms with Crippen LogP contribution in [-0.4, -0.2) is 41.5 Å². The first kappa shape index (κ1) is 28.4. The number of carboxylic acids is 1. The van der Waals surface area contributed by atoms with Crippen molar-refractivity contribution in [3.05, 3.63) is 100 Å². The number of ether oxygens (including phenoxy) is 1. The molecule has 6 nitrogen and oxygen atoms in total. The molecule has 0 heterocycles. The van der Waals surface area contributed by atoms with Crippen LogP contribution in [0.5, 0.6) is 5.75 Å². The largest absolute Gasteiger partial charge is 0.489 e. The molecule has 7 heteroatoms. The third-order valence-electron chi connectivity index (χ3n) is 6.22. The fourth-order valence-corrected chi connectivity index (χ4v) is 4.35. The Kier molecular flexibility index (Phi) is 11.7. The highest BCUT2D eigenvalue weighted by Gasteiger charge is 2.16. The summed E-state index contributed by atoms with van der Waals surface area (Å²) in [4.78, 5) is 25.7. The molecule has 196 valence electrons. The minimum absolute atomic E-state index is 0.0173. The Bertz CT molecular complexity index is 1100. The molecule has 2 N–H and O–H groups in total. The Labute approximate surface area is 227 Å². The monoisotopic (exact) mass is 566 g/mol. The van der Waals surface area contributed by atoms with Crippen LogP contribution in [0.15, 0.2) is 83.3 Å². The number of rotatable bonds is 15. The zero-order valence-electron chi connectivity index (χ0n) is 21.2. The molecule has 0 aliphatic heterocycles. The molecule has 3 aromatic rings. The van der Waals surface area contributed by atoms with Crippen molar-refractivity contribution in [3.63, 3.8) is 0 Å². The van der Waals surface area contributed by atoms with Gasteiger partial charge in [0.05, 0.1) is 6.42 Å². The number of halogens is 1. The van der Waals surface area contributed by atoms with Crippen molar-refractivity contribution in [1.29, 1.82) is 0 Å². The Balaban J connectivity index is 1.42. The zero-order valence-corrected chi connectivity index (χ0v) is 22.8. The van der Waals surface area contributed by atoms with Crippen LogP contribution in [0.4, 0.5) is 0 Å². The third-order valence-corrected chi connectivity index (χ3v) is 6.75. The summed E-state index contributed by atoms with van der Waals surface area (Å²) < 4.78 is 6.84. The van der Waals surface area contributed by atoms with Crippen LogP contribution in [0.3, 0.4) is 0 Å². The van der Waals surface area contributed by atoms with E-state index in [-0.39, 0.29) is 18.4 Å². The lowest BCUT2D eigenvalue weighted by Crippen LogP contribution is -2.33. The number of hydrogen-bond acceptors (Lipinski definition) is 4. The molecule has 0 saturated carbocycles. The van der Waals surface area contributed by atoms with Crippen molar-refractivity contribution >= 4 is 27.8 Å². The number of benzene rings is 3. The molecule has 3 rings (SSSR count). The molecule has 0 fully saturated rings. The number of carboxylic acid groups (broad SMARTS) is 1. The van der Waals surface area contributed by atoms with Gasteiger partial charge in [-0.3, -0.25) is 14.5 Å². The van der Waals surface area contributed by atoms with Crippen LogP contribution in [0.1, 0.15) is 48.9 Å². The molecule has 0 aromatic heterocycles. The van der Waals surface area contributed by atoms with Crippen molar-refractivity contribution in [1.82, 2.24) is 10.2 Å². The Morgan fingerprint density at radius 3 is 2.27 bits per heavy atom. The zero-order chi connectivity index (χ0) is 26.5. The van der Waals surface area contributed by atoms with E-state index < -0.39 is 5.97 Å². The highest BCUT2D eigenvalue weighted by Crippen LogP contribution is 2.23. The van der Waals surface area contributed by atoms with E-state index in [4.69, 9.17) is 9.84 Å². The molecular formula is C30H35BrN2O4. The smallest absolute Gasteiger partial charge is 0.303 e. The number of amides is 1. The molecular weight excluding hydrogens is 532 g/mol. The Hall–Kier alpha value is -3.16. The summed E-state index contributed by atoms with van der Waals surface area (Å²) in [5.41, 5.74) is 3.22. The summed E-state index contributed by atoms with van der Waals surface area (Å²) in [7, 11) is 0. The van der Waals surface area contributed by atoms with Crippen LogP contribution in [0.2, 0.25) is 0 Å². The minimum atomic E-state index is -0.778. The first-order valence-electron chi connectivity index (χ1n) is 12.6. The number of nitrogens with one attached hydrogen (secondary N) is 1. The molecule has 0 spiro atoms. The lowest BCUT2D eigenvalue weighted by molar-refractivity contribution is -0.137. The van der Waals surface area contributed by atoms with Crippen molar-refractivity contribution in [2.24, 2.45) is 0 Å². The van der Waals surface area contributed by atoms with Gasteiger partial charge in [-0.1, -0.05) is 70.5 Å². The maximum Gasteiger partial charge on any atom is 0.303 e. The Morgan fingerprint density at radius 1 is 0.919 bits per heavy atom. The second-order valence-electron chi connectivity index (χ2n) is 9.06. The topological polar surface area (TPSA) is 78.9 Å². The number of carbonyl (C=O) groups excluding carboxylic acids is 1. The summed E-state index contributed by atoms with van der Waals surface area (Å²) in [5.74, 6) is -0.0217. The second-order valence-corrected chi connectivity index (χ2v) is 9.97. The molecule has 0 bridgehead atoms. The maximum absolute atomic E-state index is 12.5. The SMILES string of the molecule is C[C@@H](c1ccc(Br)cc1)N(CCCNC(=O)Cc1ccc(OCc2ccccc2)cc1)CCCC(=O)O. The van der Waals surface area contributed by atoms with E-state index in [0.717, 1.165) is 34.3 Å². The molecule has 0 radical (unpaired) electrons. The van der Waals surface area contributed by atoms with Gasteiger partial charge < -0.3 is 15.2 Å². The average Bonchev–Trinajstić information content (AvgIpc) is 2.90. The van der Waals surface area contributed by atoms with Gasteiger partial charge in [0.1, 0.15) is 12.4 Å². The fraction of sp³-hybridized carbons (Fsp3) is 0.333. The van der Waals surface area contributed by atoms with Gasteiger partial charge in [0.2, 0.25) is 5.91 Å². The lowest BCUT2D eigenvalue weighted by Gasteiger charge is -2.29. The van der Waals surface area contributed by atoms with Gasteiger partial charge in [0.15, 0.2) is 0 Å². The first-order chi connectivity index (χ1) is 17.9. The molecule has 0 aliphatic carbocycles. The summed E-state index contributed by atoms with van der Waals surface area (Å²) in [6.45, 7) is 4.67. The standard InChI is InChI=1S/C30H35BrN2O4/c1-23(26-12-14-27(31)15-13-26)33(19-5-9-30(35)36)20-6-18-32-29(34)21-24-10-16-28(17-11-24)37-22-25-7-3-2-4-8-25/h2-4,7-8,10-17,23H,5-6,9,18-22H2,1H3,(H,32,34)(H,35,36)/t23-/m0/s1. The van der Waals surface area contributed by atoms with Gasteiger partial charge in [-0.2, -0.15) is 0 Å². The fourth-order valence-electron chi connectivity index (χ4n) is 4.09. The number of nitrogens with zero attached hydrogens (tertiary/aromatic N) is 1. The van der Waals surface area contributed by atoms with Crippen molar-refractivity contribution in [2.45, 2.75) is 45.3 Å². The number of hydrogen-bond donors (Lipinski definition) is 2. The van der Waals surface area contributed by atoms with Gasteiger partial charge in [-0.15, -0.1) is 0 Å². The second kappa shape index (κ2) is 15.2. The van der Waals surface area contributed by atoms with E-state index in [1.165, 1.54) is 5.56 Å². The molecule has 37 heavy (non-hydrogen) atoms. The average molecular weight is 568 g/mol. The van der Waals surface area contributed by atoms with Gasteiger partial charge in [-0.05, 0) is 67.3 Å². The van der Waals surface area contributed by atoms with E-state index in [1.54, 1.807) is 0 Å². The van der Waals surface area contributed by atoms with Crippen LogP contribution in [-0.2, 0) is 22.6 Å². The predicted octanol–water partition coefficient (Wildman–Crippen LogP) is 6.00. The van der Waals surface area contributed by atoms with Crippen molar-refractivity contribution in [2.75, 3.05) is 19.6 Å². The molecule has 0 saturated heterocycles. The van der Waals surface area contributed by atoms with E-state index in [1.807, 2.05) is 66.7 Å². The van der Waals surface area contributed by atoms with Crippen LogP contribution in [0.25, 0.3) is 0 Å². The quantitative estimate of drug-likeness (QED) is 0.220. The minimum Gasteiger partial charge on any atom is -0.489 e. The Morgan fingerprint density at radius 2 is 1.59 bits per heavy atom. The summed E-state index contributed by atoms with van der Waals surface area (Å²) >= 11 is 3.47. The van der Waals surface area contributed by atoms with E-state index in [2.05, 4.69) is 45.2 Å². The summed E-state index contributed by atoms with van der Waals surface area (Å²) in [6, 6.07) is 26.0. The van der Waals surface area contributed by atoms with E-state index in [9.17, 15) is 9.59 Å². The van der Waals surface area contributed by atoms with E-state index >= 15 is 0 Å². The lowest BCUT2D eigenvalue weighted by atomic mass is 10.1. The van der Waals surface area contributed by atoms with Gasteiger partial charge >= 0.3 is 5.97 Å². The number of aliphatic carboxylic acids is 1. The number of carbonyl (C=O) groups is 2. The van der Waals surface area contributed by atoms with E-state index in [0.29, 0.717) is 32.5 Å². The van der Waals surface area contributed by atoms with Gasteiger partial charge in [0.25, 0.3) is 0 Å². The van der Waals surface area contributed by atoms with Crippen molar-refractivity contribution in [3.8, 4) is 5.75 Å². The highest BCUT2D eigenvalue weighted by atomic mass is 79.9. The van der Waals surface area contributed by atoms with Gasteiger partial charge in [-0.25, -0.2) is 0 Å². The first-order valence-corrected chi connectivity index (χ1v) is 13.4. The molecule has 1 atom stereocenters. The molecule has 0 aliphatic rings. The summed E-state index contributed by atoms with van der Waals surface area (Å²) in [5, 5.41) is 12.0. The molecule has 0 unspecified atom stereocenters. The molecule has 1 amide bonds. The molecule has 3 aromatic carbocycles. The van der Waals surface area contributed by atoms with Gasteiger partial charge in [0, 0.05) is 30.0 Å². The summed E-state index contributed by atoms with van der Waals surface area (Å²) in [6.07, 6.45) is 1.84. The van der Waals surface area contributed by atoms with Crippen LogP contribution in [0, 0.1) is 0 Å². The van der Waals surface area contributed by atoms with Crippen molar-refractivity contribution < 1.29 is 19.4 Å². The van der Waals surface area contributed by atoms with Crippen LogP contribution >= 0.6 is 15.9 Å². The highest BCUT2D eigenvalue weighted by molar-refractivity contribution is 9.10. The maximum atomic E-state index is 12.5. The predicted molar refractivity (Wildman–Crippen MR) is 150 cm³/mol.